The van der Waals surface area contributed by atoms with Crippen LogP contribution in [0.5, 0.6) is 0 Å². The number of aliphatic hydroxyl groups is 3. The van der Waals surface area contributed by atoms with E-state index >= 15 is 0 Å². The maximum atomic E-state index is 13.5. The van der Waals surface area contributed by atoms with Crippen LogP contribution in [0.3, 0.4) is 0 Å². The molecule has 1 heterocycles. The normalized spacial score (nSPS) is 44.1. The van der Waals surface area contributed by atoms with Crippen LogP contribution in [-0.2, 0) is 9.53 Å². The predicted octanol–water partition coefficient (Wildman–Crippen LogP) is -1.71. The predicted molar refractivity (Wildman–Crippen MR) is 51.1 cm³/mol. The highest BCUT2D eigenvalue weighted by Crippen LogP contribution is 2.29. The van der Waals surface area contributed by atoms with Crippen molar-refractivity contribution >= 4 is 5.91 Å². The molecular weight excluding hydrogens is 221 g/mol. The molecule has 1 aliphatic heterocycles. The number of carbonyl (C=O) groups excluding carboxylic acids is 1. The van der Waals surface area contributed by atoms with Crippen molar-refractivity contribution in [1.82, 2.24) is 5.32 Å². The summed E-state index contributed by atoms with van der Waals surface area (Å²) in [6.07, 6.45) is -4.82. The molecule has 4 N–H and O–H groups in total. The first-order valence-corrected chi connectivity index (χ1v) is 4.90. The number of rotatable bonds is 2. The molecule has 6 nitrogen and oxygen atoms in total. The van der Waals surface area contributed by atoms with Crippen LogP contribution in [0.25, 0.3) is 0 Å². The first kappa shape index (κ1) is 13.3. The van der Waals surface area contributed by atoms with Crippen LogP contribution in [0.2, 0.25) is 0 Å². The summed E-state index contributed by atoms with van der Waals surface area (Å²) in [6, 6.07) is -1.28. The molecule has 3 unspecified atom stereocenters. The fraction of sp³-hybridized carbons (Fsp3) is 0.889. The van der Waals surface area contributed by atoms with Gasteiger partial charge in [0, 0.05) is 6.92 Å². The van der Waals surface area contributed by atoms with Crippen molar-refractivity contribution in [3.8, 4) is 0 Å². The Labute approximate surface area is 92.0 Å². The van der Waals surface area contributed by atoms with Crippen LogP contribution >= 0.6 is 0 Å². The quantitative estimate of drug-likeness (QED) is 0.458. The molecule has 0 radical (unpaired) electrons. The van der Waals surface area contributed by atoms with Gasteiger partial charge >= 0.3 is 0 Å². The van der Waals surface area contributed by atoms with Crippen molar-refractivity contribution in [2.24, 2.45) is 0 Å². The van der Waals surface area contributed by atoms with Gasteiger partial charge in [-0.3, -0.25) is 4.79 Å². The first-order chi connectivity index (χ1) is 7.29. The Kier molecular flexibility index (Phi) is 3.84. The Hall–Kier alpha value is -0.760. The summed E-state index contributed by atoms with van der Waals surface area (Å²) in [7, 11) is 0. The number of nitrogens with one attached hydrogen (secondary N) is 1. The van der Waals surface area contributed by atoms with Crippen molar-refractivity contribution in [2.45, 2.75) is 44.1 Å². The van der Waals surface area contributed by atoms with E-state index in [2.05, 4.69) is 5.32 Å². The number of halogens is 1. The van der Waals surface area contributed by atoms with Gasteiger partial charge in [-0.15, -0.1) is 0 Å². The average molecular weight is 237 g/mol. The average Bonchev–Trinajstić information content (AvgIpc) is 2.18. The van der Waals surface area contributed by atoms with Crippen LogP contribution in [0.1, 0.15) is 13.8 Å². The maximum absolute atomic E-state index is 13.5. The van der Waals surface area contributed by atoms with Gasteiger partial charge in [0.25, 0.3) is 0 Å². The number of ether oxygens (including phenoxy) is 1. The van der Waals surface area contributed by atoms with Crippen molar-refractivity contribution < 1.29 is 29.2 Å². The number of aliphatic hydroxyl groups excluding tert-OH is 2. The van der Waals surface area contributed by atoms with Gasteiger partial charge in [-0.1, -0.05) is 0 Å². The molecule has 5 atom stereocenters. The highest BCUT2D eigenvalue weighted by molar-refractivity contribution is 5.73. The highest BCUT2D eigenvalue weighted by Gasteiger charge is 2.51. The van der Waals surface area contributed by atoms with Crippen molar-refractivity contribution in [3.05, 3.63) is 0 Å². The molecule has 1 fully saturated rings. The molecule has 0 aromatic heterocycles. The van der Waals surface area contributed by atoms with Gasteiger partial charge in [-0.2, -0.15) is 0 Å². The van der Waals surface area contributed by atoms with Gasteiger partial charge in [0.15, 0.2) is 12.0 Å². The third-order valence-electron chi connectivity index (χ3n) is 2.53. The molecule has 0 aromatic carbocycles. The number of carbonyl (C=O) groups is 1. The molecule has 0 bridgehead atoms. The maximum Gasteiger partial charge on any atom is 0.217 e. The second-order valence-electron chi connectivity index (χ2n) is 4.01. The van der Waals surface area contributed by atoms with E-state index in [1.54, 1.807) is 0 Å². The zero-order valence-electron chi connectivity index (χ0n) is 9.05. The van der Waals surface area contributed by atoms with E-state index in [-0.39, 0.29) is 0 Å². The number of amides is 1. The summed E-state index contributed by atoms with van der Waals surface area (Å²) in [6.45, 7) is 1.70. The molecule has 0 aromatic rings. The summed E-state index contributed by atoms with van der Waals surface area (Å²) < 4.78 is 18.4. The number of hydrogen-bond donors (Lipinski definition) is 4. The van der Waals surface area contributed by atoms with Gasteiger partial charge in [0.1, 0.15) is 18.2 Å². The molecule has 7 heteroatoms. The van der Waals surface area contributed by atoms with Crippen molar-refractivity contribution in [3.63, 3.8) is 0 Å². The second-order valence-corrected chi connectivity index (χ2v) is 4.01. The summed E-state index contributed by atoms with van der Waals surface area (Å²) in [5.74, 6) is -2.45. The van der Waals surface area contributed by atoms with Gasteiger partial charge in [0.2, 0.25) is 5.91 Å². The lowest BCUT2D eigenvalue weighted by Gasteiger charge is -2.45. The van der Waals surface area contributed by atoms with Gasteiger partial charge in [-0.25, -0.2) is 4.39 Å². The standard InChI is InChI=1S/C9H16FNO5/c1-4(13)11-8-7(14)6(10)5(3-12)16-9(8,2)15/h5-8,12,14-15H,3H2,1-2H3,(H,11,13)/t5?,6-,7?,8-,9?/m1/s1. The fourth-order valence-corrected chi connectivity index (χ4v) is 1.74. The Morgan fingerprint density at radius 1 is 1.62 bits per heavy atom. The SMILES string of the molecule is CC(=O)N[C@@H]1C(O)[C@H](F)C(CO)OC1(C)O. The van der Waals surface area contributed by atoms with E-state index in [0.29, 0.717) is 0 Å². The van der Waals surface area contributed by atoms with Crippen molar-refractivity contribution in [2.75, 3.05) is 6.61 Å². The molecule has 16 heavy (non-hydrogen) atoms. The second kappa shape index (κ2) is 4.62. The topological polar surface area (TPSA) is 99.0 Å². The zero-order chi connectivity index (χ0) is 12.5. The minimum atomic E-state index is -1.93. The zero-order valence-corrected chi connectivity index (χ0v) is 9.05. The van der Waals surface area contributed by atoms with Gasteiger partial charge in [0.05, 0.1) is 6.61 Å². The summed E-state index contributed by atoms with van der Waals surface area (Å²) >= 11 is 0. The van der Waals surface area contributed by atoms with E-state index in [0.717, 1.165) is 0 Å². The summed E-state index contributed by atoms with van der Waals surface area (Å²) in [5, 5.41) is 30.4. The monoisotopic (exact) mass is 237 g/mol. The molecular formula is C9H16FNO5. The molecule has 0 spiro atoms. The number of hydrogen-bond acceptors (Lipinski definition) is 5. The molecule has 0 saturated carbocycles. The first-order valence-electron chi connectivity index (χ1n) is 4.90. The minimum Gasteiger partial charge on any atom is -0.394 e. The molecule has 1 aliphatic rings. The van der Waals surface area contributed by atoms with Crippen molar-refractivity contribution in [1.29, 1.82) is 0 Å². The van der Waals surface area contributed by atoms with E-state index in [1.165, 1.54) is 13.8 Å². The Morgan fingerprint density at radius 3 is 2.62 bits per heavy atom. The lowest BCUT2D eigenvalue weighted by molar-refractivity contribution is -0.300. The molecule has 1 rings (SSSR count). The largest absolute Gasteiger partial charge is 0.394 e. The van der Waals surface area contributed by atoms with E-state index < -0.39 is 42.7 Å². The Morgan fingerprint density at radius 2 is 2.19 bits per heavy atom. The summed E-state index contributed by atoms with van der Waals surface area (Å²) in [5.41, 5.74) is 0. The van der Waals surface area contributed by atoms with E-state index in [4.69, 9.17) is 9.84 Å². The Bertz CT molecular complexity index is 273. The lowest BCUT2D eigenvalue weighted by Crippen LogP contribution is -2.68. The number of alkyl halides is 1. The summed E-state index contributed by atoms with van der Waals surface area (Å²) in [4.78, 5) is 10.8. The van der Waals surface area contributed by atoms with Gasteiger partial charge in [-0.05, 0) is 6.92 Å². The smallest absolute Gasteiger partial charge is 0.217 e. The molecule has 94 valence electrons. The van der Waals surface area contributed by atoms with Crippen LogP contribution < -0.4 is 5.32 Å². The third-order valence-corrected chi connectivity index (χ3v) is 2.53. The Balaban J connectivity index is 2.87. The van der Waals surface area contributed by atoms with Gasteiger partial charge < -0.3 is 25.4 Å². The van der Waals surface area contributed by atoms with E-state index in [9.17, 15) is 19.4 Å². The van der Waals surface area contributed by atoms with Crippen LogP contribution in [0, 0.1) is 0 Å². The van der Waals surface area contributed by atoms with Crippen LogP contribution in [0.4, 0.5) is 4.39 Å². The molecule has 0 aliphatic carbocycles. The third kappa shape index (κ3) is 2.49. The fourth-order valence-electron chi connectivity index (χ4n) is 1.74. The van der Waals surface area contributed by atoms with Crippen LogP contribution in [0.15, 0.2) is 0 Å². The molecule has 1 amide bonds. The van der Waals surface area contributed by atoms with E-state index in [1.807, 2.05) is 0 Å². The lowest BCUT2D eigenvalue weighted by atomic mass is 9.92. The minimum absolute atomic E-state index is 0.525. The van der Waals surface area contributed by atoms with Crippen LogP contribution in [-0.4, -0.2) is 58.0 Å². The molecule has 1 saturated heterocycles. The highest BCUT2D eigenvalue weighted by atomic mass is 19.1.